The van der Waals surface area contributed by atoms with Crippen LogP contribution in [-0.2, 0) is 13.1 Å². The van der Waals surface area contributed by atoms with E-state index in [1.807, 2.05) is 6.92 Å². The number of aryl methyl sites for hydroxylation is 2. The Kier molecular flexibility index (Phi) is 5.31. The molecule has 5 nitrogen and oxygen atoms in total. The summed E-state index contributed by atoms with van der Waals surface area (Å²) in [4.78, 5) is 12.2. The maximum Gasteiger partial charge on any atom is 0.255 e. The van der Waals surface area contributed by atoms with Crippen molar-refractivity contribution in [1.29, 1.82) is 0 Å². The molecule has 0 bridgehead atoms. The number of ether oxygens (including phenoxy) is 1. The van der Waals surface area contributed by atoms with Gasteiger partial charge in [0.2, 0.25) is 0 Å². The third-order valence-corrected chi connectivity index (χ3v) is 3.44. The van der Waals surface area contributed by atoms with E-state index in [-0.39, 0.29) is 17.9 Å². The predicted octanol–water partition coefficient (Wildman–Crippen LogP) is 2.82. The summed E-state index contributed by atoms with van der Waals surface area (Å²) >= 11 is 0. The number of benzene rings is 1. The number of hydrogen-bond donors (Lipinski definition) is 1. The second-order valence-electron chi connectivity index (χ2n) is 5.12. The molecule has 0 spiro atoms. The molecule has 0 unspecified atom stereocenters. The van der Waals surface area contributed by atoms with Gasteiger partial charge in [-0.1, -0.05) is 6.92 Å². The number of nitrogens with one attached hydrogen (secondary N) is 1. The summed E-state index contributed by atoms with van der Waals surface area (Å²) in [5.74, 6) is -2.04. The summed E-state index contributed by atoms with van der Waals surface area (Å²) in [6, 6.07) is 2.31. The predicted molar refractivity (Wildman–Crippen MR) is 81.3 cm³/mol. The molecule has 0 aliphatic rings. The second-order valence-corrected chi connectivity index (χ2v) is 5.12. The number of carbonyl (C=O) groups is 1. The van der Waals surface area contributed by atoms with Crippen LogP contribution in [-0.4, -0.2) is 22.8 Å². The number of rotatable bonds is 6. The van der Waals surface area contributed by atoms with Gasteiger partial charge in [0.1, 0.15) is 5.82 Å². The largest absolute Gasteiger partial charge is 0.494 e. The lowest BCUT2D eigenvalue weighted by Crippen LogP contribution is -2.24. The number of aromatic nitrogens is 2. The zero-order valence-corrected chi connectivity index (χ0v) is 13.3. The van der Waals surface area contributed by atoms with Crippen LogP contribution in [0.1, 0.15) is 35.0 Å². The van der Waals surface area contributed by atoms with Crippen molar-refractivity contribution < 1.29 is 18.3 Å². The summed E-state index contributed by atoms with van der Waals surface area (Å²) in [5.41, 5.74) is 0.723. The number of carbonyl (C=O) groups excluding carboxylic acids is 1. The van der Waals surface area contributed by atoms with Crippen molar-refractivity contribution in [2.75, 3.05) is 7.11 Å². The van der Waals surface area contributed by atoms with Crippen molar-refractivity contribution in [2.24, 2.45) is 0 Å². The summed E-state index contributed by atoms with van der Waals surface area (Å²) < 4.78 is 34.3. The Morgan fingerprint density at radius 3 is 2.78 bits per heavy atom. The summed E-state index contributed by atoms with van der Waals surface area (Å²) in [6.45, 7) is 4.15. The van der Waals surface area contributed by atoms with Crippen molar-refractivity contribution >= 4 is 5.91 Å². The molecule has 124 valence electrons. The molecule has 0 atom stereocenters. The smallest absolute Gasteiger partial charge is 0.255 e. The van der Waals surface area contributed by atoms with Crippen LogP contribution in [0.3, 0.4) is 0 Å². The Bertz CT molecular complexity index is 714. The molecule has 2 rings (SSSR count). The molecule has 1 N–H and O–H groups in total. The molecule has 23 heavy (non-hydrogen) atoms. The topological polar surface area (TPSA) is 56.2 Å². The monoisotopic (exact) mass is 323 g/mol. The fourth-order valence-electron chi connectivity index (χ4n) is 2.24. The van der Waals surface area contributed by atoms with Gasteiger partial charge in [-0.3, -0.25) is 9.48 Å². The van der Waals surface area contributed by atoms with Crippen LogP contribution in [0.5, 0.6) is 5.75 Å². The summed E-state index contributed by atoms with van der Waals surface area (Å²) in [6.07, 6.45) is 2.52. The Morgan fingerprint density at radius 1 is 1.39 bits per heavy atom. The molecule has 2 aromatic rings. The highest BCUT2D eigenvalue weighted by Gasteiger charge is 2.17. The van der Waals surface area contributed by atoms with E-state index in [1.165, 1.54) is 13.2 Å². The highest BCUT2D eigenvalue weighted by molar-refractivity contribution is 5.94. The molecule has 1 heterocycles. The van der Waals surface area contributed by atoms with Gasteiger partial charge in [0.05, 0.1) is 18.4 Å². The highest BCUT2D eigenvalue weighted by atomic mass is 19.1. The third-order valence-electron chi connectivity index (χ3n) is 3.44. The van der Waals surface area contributed by atoms with Crippen LogP contribution < -0.4 is 10.1 Å². The lowest BCUT2D eigenvalue weighted by Gasteiger charge is -2.09. The Hall–Kier alpha value is -2.44. The molecular weight excluding hydrogens is 304 g/mol. The number of nitrogens with zero attached hydrogens (tertiary/aromatic N) is 2. The molecule has 7 heteroatoms. The SMILES string of the molecule is CCCn1cc(C(=O)NCc2c(F)ccc(OC)c2F)c(C)n1. The average molecular weight is 323 g/mol. The quantitative estimate of drug-likeness (QED) is 0.889. The number of hydrogen-bond acceptors (Lipinski definition) is 3. The molecule has 1 amide bonds. The first kappa shape index (κ1) is 16.9. The number of halogens is 2. The van der Waals surface area contributed by atoms with Gasteiger partial charge in [-0.25, -0.2) is 8.78 Å². The van der Waals surface area contributed by atoms with E-state index >= 15 is 0 Å². The number of amides is 1. The Labute approximate surface area is 133 Å². The highest BCUT2D eigenvalue weighted by Crippen LogP contribution is 2.22. The van der Waals surface area contributed by atoms with Gasteiger partial charge in [-0.2, -0.15) is 5.10 Å². The minimum atomic E-state index is -0.814. The van der Waals surface area contributed by atoms with Crippen molar-refractivity contribution in [3.63, 3.8) is 0 Å². The molecule has 1 aromatic heterocycles. The van der Waals surface area contributed by atoms with Crippen molar-refractivity contribution in [1.82, 2.24) is 15.1 Å². The van der Waals surface area contributed by atoms with Gasteiger partial charge in [-0.05, 0) is 25.5 Å². The fraction of sp³-hybridized carbons (Fsp3) is 0.375. The van der Waals surface area contributed by atoms with Crippen LogP contribution in [0.2, 0.25) is 0 Å². The van der Waals surface area contributed by atoms with Crippen LogP contribution in [0.15, 0.2) is 18.3 Å². The Balaban J connectivity index is 2.13. The van der Waals surface area contributed by atoms with Crippen molar-refractivity contribution in [3.05, 3.63) is 46.8 Å². The van der Waals surface area contributed by atoms with Gasteiger partial charge >= 0.3 is 0 Å². The van der Waals surface area contributed by atoms with E-state index in [2.05, 4.69) is 10.4 Å². The minimum Gasteiger partial charge on any atom is -0.494 e. The van der Waals surface area contributed by atoms with E-state index in [0.717, 1.165) is 12.5 Å². The average Bonchev–Trinajstić information content (AvgIpc) is 2.88. The van der Waals surface area contributed by atoms with E-state index in [9.17, 15) is 13.6 Å². The summed E-state index contributed by atoms with van der Waals surface area (Å²) in [7, 11) is 1.30. The normalized spacial score (nSPS) is 10.7. The first-order valence-electron chi connectivity index (χ1n) is 7.31. The molecule has 0 saturated heterocycles. The molecule has 0 fully saturated rings. The minimum absolute atomic E-state index is 0.0670. The van der Waals surface area contributed by atoms with Crippen LogP contribution in [0.25, 0.3) is 0 Å². The van der Waals surface area contributed by atoms with Gasteiger partial charge < -0.3 is 10.1 Å². The van der Waals surface area contributed by atoms with Crippen molar-refractivity contribution in [3.8, 4) is 5.75 Å². The van der Waals surface area contributed by atoms with E-state index in [1.54, 1.807) is 17.8 Å². The van der Waals surface area contributed by atoms with Gasteiger partial charge in [-0.15, -0.1) is 0 Å². The lowest BCUT2D eigenvalue weighted by molar-refractivity contribution is 0.0949. The first-order chi connectivity index (χ1) is 11.0. The van der Waals surface area contributed by atoms with E-state index in [0.29, 0.717) is 17.8 Å². The lowest BCUT2D eigenvalue weighted by atomic mass is 10.1. The maximum atomic E-state index is 14.0. The molecule has 1 aromatic carbocycles. The van der Waals surface area contributed by atoms with E-state index in [4.69, 9.17) is 4.74 Å². The van der Waals surface area contributed by atoms with Crippen molar-refractivity contribution in [2.45, 2.75) is 33.4 Å². The maximum absolute atomic E-state index is 14.0. The summed E-state index contributed by atoms with van der Waals surface area (Å²) in [5, 5.41) is 6.74. The molecule has 0 saturated carbocycles. The molecule has 0 radical (unpaired) electrons. The first-order valence-corrected chi connectivity index (χ1v) is 7.31. The fourth-order valence-corrected chi connectivity index (χ4v) is 2.24. The van der Waals surface area contributed by atoms with Crippen LogP contribution in [0.4, 0.5) is 8.78 Å². The number of methoxy groups -OCH3 is 1. The molecular formula is C16H19F2N3O2. The zero-order chi connectivity index (χ0) is 17.0. The van der Waals surface area contributed by atoms with Crippen LogP contribution in [0, 0.1) is 18.6 Å². The van der Waals surface area contributed by atoms with Gasteiger partial charge in [0.15, 0.2) is 11.6 Å². The van der Waals surface area contributed by atoms with E-state index < -0.39 is 17.5 Å². The molecule has 0 aliphatic carbocycles. The zero-order valence-electron chi connectivity index (χ0n) is 13.3. The van der Waals surface area contributed by atoms with Gasteiger partial charge in [0, 0.05) is 24.8 Å². The molecule has 0 aliphatic heterocycles. The third kappa shape index (κ3) is 3.67. The standard InChI is InChI=1S/C16H19F2N3O2/c1-4-7-21-9-12(10(2)20-21)16(22)19-8-11-13(17)5-6-14(23-3)15(11)18/h5-6,9H,4,7-8H2,1-3H3,(H,19,22). The Morgan fingerprint density at radius 2 is 2.13 bits per heavy atom. The van der Waals surface area contributed by atoms with Crippen LogP contribution >= 0.6 is 0 Å². The second kappa shape index (κ2) is 7.21. The van der Waals surface area contributed by atoms with Gasteiger partial charge in [0.25, 0.3) is 5.91 Å².